The van der Waals surface area contributed by atoms with Crippen LogP contribution in [0.5, 0.6) is 0 Å². The number of hydrogen-bond donors (Lipinski definition) is 3. The van der Waals surface area contributed by atoms with E-state index in [4.69, 9.17) is 19.7 Å². The van der Waals surface area contributed by atoms with E-state index >= 15 is 0 Å². The average molecular weight is 372 g/mol. The summed E-state index contributed by atoms with van der Waals surface area (Å²) < 4.78 is 5.38. The van der Waals surface area contributed by atoms with Gasteiger partial charge >= 0.3 is 12.2 Å². The fourth-order valence-electron chi connectivity index (χ4n) is 3.22. The van der Waals surface area contributed by atoms with E-state index in [1.54, 1.807) is 4.90 Å². The second-order valence-corrected chi connectivity index (χ2v) is 7.87. The summed E-state index contributed by atoms with van der Waals surface area (Å²) in [7, 11) is 0. The van der Waals surface area contributed by atoms with Gasteiger partial charge in [-0.3, -0.25) is 4.79 Å². The summed E-state index contributed by atoms with van der Waals surface area (Å²) in [6.07, 6.45) is 5.34. The number of rotatable bonds is 2. The first-order valence-corrected chi connectivity index (χ1v) is 9.28. The van der Waals surface area contributed by atoms with Crippen LogP contribution in [0.15, 0.2) is 0 Å². The molecule has 0 spiro atoms. The van der Waals surface area contributed by atoms with Crippen molar-refractivity contribution in [1.82, 2.24) is 10.2 Å². The topological polar surface area (TPSA) is 116 Å². The quantitative estimate of drug-likeness (QED) is 0.685. The van der Waals surface area contributed by atoms with Crippen molar-refractivity contribution in [3.8, 4) is 0 Å². The summed E-state index contributed by atoms with van der Waals surface area (Å²) in [4.78, 5) is 34.6. The average Bonchev–Trinajstić information content (AvgIpc) is 2.54. The fraction of sp³-hybridized carbons (Fsp3) is 0.833. The predicted octanol–water partition coefficient (Wildman–Crippen LogP) is 3.30. The molecule has 2 fully saturated rings. The number of likely N-dealkylation sites (tertiary alicyclic amines) is 1. The number of nitrogens with one attached hydrogen (secondary N) is 1. The zero-order valence-electron chi connectivity index (χ0n) is 16.0. The number of nitrogens with zero attached hydrogens (tertiary/aromatic N) is 1. The van der Waals surface area contributed by atoms with E-state index in [0.29, 0.717) is 19.1 Å². The van der Waals surface area contributed by atoms with Gasteiger partial charge in [-0.2, -0.15) is 0 Å². The van der Waals surface area contributed by atoms with Gasteiger partial charge in [0.2, 0.25) is 5.91 Å². The molecule has 1 saturated carbocycles. The molecule has 0 aromatic carbocycles. The lowest BCUT2D eigenvalue weighted by atomic mass is 9.92. The first-order valence-electron chi connectivity index (χ1n) is 9.28. The van der Waals surface area contributed by atoms with Gasteiger partial charge in [0.05, 0.1) is 0 Å². The molecule has 0 atom stereocenters. The number of carboxylic acid groups (broad SMARTS) is 2. The Morgan fingerprint density at radius 3 is 1.92 bits per heavy atom. The standard InChI is InChI=1S/C17H30N2O3.CH2O3/c1-17(2,3)22-16(21)19-11-9-13(10-12-19)15(20)18-14-7-5-4-6-8-14;2-1(3)4/h13-14H,4-12H2,1-3H3,(H,18,20);(H2,2,3,4). The van der Waals surface area contributed by atoms with Crippen LogP contribution in [0.2, 0.25) is 0 Å². The molecular weight excluding hydrogens is 340 g/mol. The molecule has 0 bridgehead atoms. The van der Waals surface area contributed by atoms with E-state index in [2.05, 4.69) is 5.32 Å². The van der Waals surface area contributed by atoms with Crippen LogP contribution in [0.1, 0.15) is 65.7 Å². The highest BCUT2D eigenvalue weighted by Crippen LogP contribution is 2.22. The van der Waals surface area contributed by atoms with E-state index in [1.165, 1.54) is 19.3 Å². The number of amides is 2. The maximum absolute atomic E-state index is 12.3. The second-order valence-electron chi connectivity index (χ2n) is 7.87. The van der Waals surface area contributed by atoms with Crippen LogP contribution < -0.4 is 5.32 Å². The van der Waals surface area contributed by atoms with E-state index in [1.807, 2.05) is 20.8 Å². The second kappa shape index (κ2) is 10.2. The lowest BCUT2D eigenvalue weighted by Gasteiger charge is -2.33. The van der Waals surface area contributed by atoms with Crippen molar-refractivity contribution in [3.63, 3.8) is 0 Å². The molecule has 1 heterocycles. The van der Waals surface area contributed by atoms with E-state index < -0.39 is 11.8 Å². The predicted molar refractivity (Wildman–Crippen MR) is 96.2 cm³/mol. The molecular formula is C18H32N2O6. The van der Waals surface area contributed by atoms with Crippen molar-refractivity contribution >= 4 is 18.2 Å². The first-order chi connectivity index (χ1) is 12.1. The Labute approximate surface area is 154 Å². The summed E-state index contributed by atoms with van der Waals surface area (Å²) in [6, 6.07) is 0.366. The Hall–Kier alpha value is -1.99. The minimum absolute atomic E-state index is 0.0422. The van der Waals surface area contributed by atoms with Crippen molar-refractivity contribution in [2.45, 2.75) is 77.4 Å². The molecule has 8 heteroatoms. The van der Waals surface area contributed by atoms with Crippen molar-refractivity contribution in [1.29, 1.82) is 0 Å². The number of carbonyl (C=O) groups is 3. The van der Waals surface area contributed by atoms with Crippen molar-refractivity contribution in [3.05, 3.63) is 0 Å². The maximum Gasteiger partial charge on any atom is 0.503 e. The monoisotopic (exact) mass is 372 g/mol. The molecule has 0 aromatic heterocycles. The zero-order valence-corrected chi connectivity index (χ0v) is 16.0. The van der Waals surface area contributed by atoms with Gasteiger partial charge in [-0.15, -0.1) is 0 Å². The Balaban J connectivity index is 0.000000765. The summed E-state index contributed by atoms with van der Waals surface area (Å²) in [6.45, 7) is 6.83. The number of carbonyl (C=O) groups excluding carboxylic acids is 2. The third-order valence-electron chi connectivity index (χ3n) is 4.47. The fourth-order valence-corrected chi connectivity index (χ4v) is 3.22. The molecule has 2 aliphatic rings. The largest absolute Gasteiger partial charge is 0.503 e. The highest BCUT2D eigenvalue weighted by atomic mass is 16.6. The van der Waals surface area contributed by atoms with Crippen LogP contribution in [-0.2, 0) is 9.53 Å². The SMILES string of the molecule is CC(C)(C)OC(=O)N1CCC(C(=O)NC2CCCCC2)CC1.O=C(O)O. The lowest BCUT2D eigenvalue weighted by molar-refractivity contribution is -0.127. The number of hydrogen-bond acceptors (Lipinski definition) is 4. The molecule has 0 radical (unpaired) electrons. The molecule has 1 aliphatic heterocycles. The van der Waals surface area contributed by atoms with Crippen LogP contribution in [0.25, 0.3) is 0 Å². The van der Waals surface area contributed by atoms with Crippen LogP contribution in [-0.4, -0.2) is 58.0 Å². The Morgan fingerprint density at radius 1 is 0.962 bits per heavy atom. The summed E-state index contributed by atoms with van der Waals surface area (Å²) in [5, 5.41) is 17.1. The van der Waals surface area contributed by atoms with Gasteiger partial charge < -0.3 is 25.2 Å². The van der Waals surface area contributed by atoms with E-state index in [0.717, 1.165) is 25.7 Å². The molecule has 0 aromatic rings. The number of ether oxygens (including phenoxy) is 1. The van der Waals surface area contributed by atoms with Crippen LogP contribution in [0.4, 0.5) is 9.59 Å². The van der Waals surface area contributed by atoms with E-state index in [9.17, 15) is 9.59 Å². The molecule has 26 heavy (non-hydrogen) atoms. The van der Waals surface area contributed by atoms with Crippen molar-refractivity contribution < 1.29 is 29.3 Å². The highest BCUT2D eigenvalue weighted by molar-refractivity contribution is 5.79. The molecule has 150 valence electrons. The van der Waals surface area contributed by atoms with Gasteiger partial charge in [0.25, 0.3) is 0 Å². The van der Waals surface area contributed by atoms with Crippen LogP contribution in [0.3, 0.4) is 0 Å². The van der Waals surface area contributed by atoms with E-state index in [-0.39, 0.29) is 17.9 Å². The van der Waals surface area contributed by atoms with Crippen molar-refractivity contribution in [2.75, 3.05) is 13.1 Å². The molecule has 2 amide bonds. The Kier molecular flexibility index (Phi) is 8.68. The molecule has 8 nitrogen and oxygen atoms in total. The zero-order chi connectivity index (χ0) is 19.7. The summed E-state index contributed by atoms with van der Waals surface area (Å²) in [5.41, 5.74) is -0.466. The molecule has 3 N–H and O–H groups in total. The smallest absolute Gasteiger partial charge is 0.450 e. The maximum atomic E-state index is 12.3. The van der Waals surface area contributed by atoms with Gasteiger partial charge in [0.15, 0.2) is 0 Å². The summed E-state index contributed by atoms with van der Waals surface area (Å²) in [5.74, 6) is 0.219. The van der Waals surface area contributed by atoms with Gasteiger partial charge in [-0.25, -0.2) is 9.59 Å². The van der Waals surface area contributed by atoms with Gasteiger partial charge in [0.1, 0.15) is 5.60 Å². The van der Waals surface area contributed by atoms with Crippen LogP contribution in [0, 0.1) is 5.92 Å². The Bertz CT molecular complexity index is 471. The van der Waals surface area contributed by atoms with Gasteiger partial charge in [-0.05, 0) is 46.5 Å². The van der Waals surface area contributed by atoms with Crippen molar-refractivity contribution in [2.24, 2.45) is 5.92 Å². The molecule has 1 aliphatic carbocycles. The third-order valence-corrected chi connectivity index (χ3v) is 4.47. The summed E-state index contributed by atoms with van der Waals surface area (Å²) >= 11 is 0. The first kappa shape index (κ1) is 22.1. The third kappa shape index (κ3) is 8.92. The molecule has 0 unspecified atom stereocenters. The van der Waals surface area contributed by atoms with Crippen LogP contribution >= 0.6 is 0 Å². The minimum Gasteiger partial charge on any atom is -0.450 e. The Morgan fingerprint density at radius 2 is 1.46 bits per heavy atom. The highest BCUT2D eigenvalue weighted by Gasteiger charge is 2.30. The normalized spacial score (nSPS) is 19.1. The van der Waals surface area contributed by atoms with Gasteiger partial charge in [-0.1, -0.05) is 19.3 Å². The van der Waals surface area contributed by atoms with Gasteiger partial charge in [0, 0.05) is 25.0 Å². The number of piperidine rings is 1. The molecule has 1 saturated heterocycles. The minimum atomic E-state index is -1.83. The lowest BCUT2D eigenvalue weighted by Crippen LogP contribution is -2.46. The molecule has 2 rings (SSSR count).